The maximum atomic E-state index is 14.3. The molecular formula is C18H19FN6O. The second-order valence-corrected chi connectivity index (χ2v) is 6.42. The summed E-state index contributed by atoms with van der Waals surface area (Å²) in [6.07, 6.45) is 6.97. The lowest BCUT2D eigenvalue weighted by molar-refractivity contribution is -0.119. The standard InChI is InChI=1S/C18H19FN6O/c1-24-11-12(8-22-24)14-9-20-10-15(14)18(26)23-13-3-4-17(16(19)7-13)25-6-2-5-21-25/h2-8,11,14-15,20H,9-10H2,1H3,(H,23,26)/t14-,15+/m1/s1. The van der Waals surface area contributed by atoms with Crippen molar-refractivity contribution >= 4 is 11.6 Å². The molecule has 0 saturated carbocycles. The number of carbonyl (C=O) groups excluding carboxylic acids is 1. The SMILES string of the molecule is Cn1cc([C@H]2CNC[C@@H]2C(=O)Nc2ccc(-n3cccn3)c(F)c2)cn1. The number of nitrogens with zero attached hydrogens (tertiary/aromatic N) is 4. The number of aryl methyl sites for hydroxylation is 1. The molecule has 0 unspecified atom stereocenters. The predicted molar refractivity (Wildman–Crippen MR) is 94.5 cm³/mol. The van der Waals surface area contributed by atoms with Gasteiger partial charge in [0.2, 0.25) is 5.91 Å². The summed E-state index contributed by atoms with van der Waals surface area (Å²) in [5, 5.41) is 14.3. The van der Waals surface area contributed by atoms with Crippen molar-refractivity contribution in [3.63, 3.8) is 0 Å². The fourth-order valence-electron chi connectivity index (χ4n) is 3.35. The fraction of sp³-hybridized carbons (Fsp3) is 0.278. The van der Waals surface area contributed by atoms with Crippen LogP contribution in [0.1, 0.15) is 11.5 Å². The highest BCUT2D eigenvalue weighted by molar-refractivity contribution is 5.93. The minimum absolute atomic E-state index is 0.0527. The number of hydrogen-bond donors (Lipinski definition) is 2. The van der Waals surface area contributed by atoms with Gasteiger partial charge in [-0.1, -0.05) is 0 Å². The first-order valence-electron chi connectivity index (χ1n) is 8.41. The molecule has 1 fully saturated rings. The van der Waals surface area contributed by atoms with E-state index in [9.17, 15) is 9.18 Å². The van der Waals surface area contributed by atoms with E-state index in [-0.39, 0.29) is 17.7 Å². The normalized spacial score (nSPS) is 19.6. The number of anilines is 1. The predicted octanol–water partition coefficient (Wildman–Crippen LogP) is 1.69. The van der Waals surface area contributed by atoms with Gasteiger partial charge in [0.1, 0.15) is 5.69 Å². The van der Waals surface area contributed by atoms with Gasteiger partial charge < -0.3 is 10.6 Å². The van der Waals surface area contributed by atoms with Crippen LogP contribution in [-0.2, 0) is 11.8 Å². The molecule has 1 aromatic carbocycles. The summed E-state index contributed by atoms with van der Waals surface area (Å²) in [4.78, 5) is 12.7. The lowest BCUT2D eigenvalue weighted by Gasteiger charge is -2.17. The Balaban J connectivity index is 1.50. The van der Waals surface area contributed by atoms with Gasteiger partial charge in [0.15, 0.2) is 5.82 Å². The molecule has 1 aliphatic heterocycles. The van der Waals surface area contributed by atoms with E-state index in [2.05, 4.69) is 20.8 Å². The molecule has 0 bridgehead atoms. The molecule has 3 heterocycles. The third-order valence-corrected chi connectivity index (χ3v) is 4.67. The van der Waals surface area contributed by atoms with Crippen LogP contribution in [-0.4, -0.2) is 38.6 Å². The molecular weight excluding hydrogens is 335 g/mol. The molecule has 1 amide bonds. The van der Waals surface area contributed by atoms with E-state index in [1.165, 1.54) is 10.7 Å². The van der Waals surface area contributed by atoms with Crippen LogP contribution in [0.15, 0.2) is 49.1 Å². The molecule has 0 aliphatic carbocycles. The van der Waals surface area contributed by atoms with Gasteiger partial charge in [-0.15, -0.1) is 0 Å². The summed E-state index contributed by atoms with van der Waals surface area (Å²) >= 11 is 0. The van der Waals surface area contributed by atoms with E-state index < -0.39 is 5.82 Å². The van der Waals surface area contributed by atoms with Crippen molar-refractivity contribution < 1.29 is 9.18 Å². The monoisotopic (exact) mass is 354 g/mol. The van der Waals surface area contributed by atoms with Gasteiger partial charge in [-0.05, 0) is 29.8 Å². The smallest absolute Gasteiger partial charge is 0.229 e. The zero-order chi connectivity index (χ0) is 18.1. The molecule has 7 nitrogen and oxygen atoms in total. The van der Waals surface area contributed by atoms with Gasteiger partial charge in [0.05, 0.1) is 12.1 Å². The first-order chi connectivity index (χ1) is 12.6. The molecule has 0 radical (unpaired) electrons. The van der Waals surface area contributed by atoms with Crippen molar-refractivity contribution in [3.8, 4) is 5.69 Å². The van der Waals surface area contributed by atoms with Crippen molar-refractivity contribution in [2.45, 2.75) is 5.92 Å². The van der Waals surface area contributed by atoms with Crippen LogP contribution in [0.3, 0.4) is 0 Å². The van der Waals surface area contributed by atoms with E-state index in [1.807, 2.05) is 13.2 Å². The van der Waals surface area contributed by atoms with Crippen LogP contribution >= 0.6 is 0 Å². The Hall–Kier alpha value is -3.00. The number of rotatable bonds is 4. The van der Waals surface area contributed by atoms with E-state index in [1.54, 1.807) is 41.5 Å². The summed E-state index contributed by atoms with van der Waals surface area (Å²) in [5.41, 5.74) is 1.79. The van der Waals surface area contributed by atoms with Crippen LogP contribution in [0.2, 0.25) is 0 Å². The zero-order valence-corrected chi connectivity index (χ0v) is 14.3. The van der Waals surface area contributed by atoms with Crippen molar-refractivity contribution in [1.82, 2.24) is 24.9 Å². The average molecular weight is 354 g/mol. The summed E-state index contributed by atoms with van der Waals surface area (Å²) in [7, 11) is 1.85. The Kier molecular flexibility index (Phi) is 4.26. The highest BCUT2D eigenvalue weighted by Gasteiger charge is 2.34. The van der Waals surface area contributed by atoms with E-state index in [4.69, 9.17) is 0 Å². The van der Waals surface area contributed by atoms with Crippen molar-refractivity contribution in [1.29, 1.82) is 0 Å². The molecule has 8 heteroatoms. The maximum Gasteiger partial charge on any atom is 0.229 e. The fourth-order valence-corrected chi connectivity index (χ4v) is 3.35. The highest BCUT2D eigenvalue weighted by atomic mass is 19.1. The Morgan fingerprint density at radius 2 is 2.23 bits per heavy atom. The molecule has 2 atom stereocenters. The first kappa shape index (κ1) is 16.5. The summed E-state index contributed by atoms with van der Waals surface area (Å²) in [5.74, 6) is -0.750. The Labute approximate surface area is 149 Å². The minimum Gasteiger partial charge on any atom is -0.326 e. The average Bonchev–Trinajstić information content (AvgIpc) is 3.36. The first-order valence-corrected chi connectivity index (χ1v) is 8.41. The Morgan fingerprint density at radius 3 is 2.92 bits per heavy atom. The minimum atomic E-state index is -0.445. The quantitative estimate of drug-likeness (QED) is 0.747. The van der Waals surface area contributed by atoms with Gasteiger partial charge in [0, 0.05) is 50.3 Å². The molecule has 2 N–H and O–H groups in total. The van der Waals surface area contributed by atoms with E-state index in [0.717, 1.165) is 12.1 Å². The van der Waals surface area contributed by atoms with E-state index >= 15 is 0 Å². The van der Waals surface area contributed by atoms with Gasteiger partial charge in [-0.25, -0.2) is 9.07 Å². The number of amides is 1. The summed E-state index contributed by atoms with van der Waals surface area (Å²) in [6.45, 7) is 1.30. The van der Waals surface area contributed by atoms with Gasteiger partial charge in [0.25, 0.3) is 0 Å². The van der Waals surface area contributed by atoms with Crippen LogP contribution in [0.4, 0.5) is 10.1 Å². The third kappa shape index (κ3) is 3.11. The van der Waals surface area contributed by atoms with Crippen molar-refractivity contribution in [2.75, 3.05) is 18.4 Å². The third-order valence-electron chi connectivity index (χ3n) is 4.67. The van der Waals surface area contributed by atoms with Gasteiger partial charge >= 0.3 is 0 Å². The van der Waals surface area contributed by atoms with Crippen LogP contribution in [0, 0.1) is 11.7 Å². The number of nitrogens with one attached hydrogen (secondary N) is 2. The van der Waals surface area contributed by atoms with Crippen LogP contribution in [0.5, 0.6) is 0 Å². The molecule has 1 aliphatic rings. The maximum absolute atomic E-state index is 14.3. The summed E-state index contributed by atoms with van der Waals surface area (Å²) < 4.78 is 17.5. The molecule has 3 aromatic rings. The number of aromatic nitrogens is 4. The Bertz CT molecular complexity index is 920. The number of hydrogen-bond acceptors (Lipinski definition) is 4. The topological polar surface area (TPSA) is 76.8 Å². The summed E-state index contributed by atoms with van der Waals surface area (Å²) in [6, 6.07) is 6.32. The number of carbonyl (C=O) groups is 1. The lowest BCUT2D eigenvalue weighted by Crippen LogP contribution is -2.28. The van der Waals surface area contributed by atoms with Crippen LogP contribution < -0.4 is 10.6 Å². The molecule has 0 spiro atoms. The van der Waals surface area contributed by atoms with E-state index in [0.29, 0.717) is 17.9 Å². The zero-order valence-electron chi connectivity index (χ0n) is 14.3. The lowest BCUT2D eigenvalue weighted by atomic mass is 9.90. The second kappa shape index (κ2) is 6.72. The Morgan fingerprint density at radius 1 is 1.35 bits per heavy atom. The largest absolute Gasteiger partial charge is 0.326 e. The van der Waals surface area contributed by atoms with Crippen molar-refractivity contribution in [3.05, 3.63) is 60.4 Å². The second-order valence-electron chi connectivity index (χ2n) is 6.42. The highest BCUT2D eigenvalue weighted by Crippen LogP contribution is 2.29. The molecule has 4 rings (SSSR count). The van der Waals surface area contributed by atoms with Gasteiger partial charge in [-0.2, -0.15) is 10.2 Å². The van der Waals surface area contributed by atoms with Gasteiger partial charge in [-0.3, -0.25) is 9.48 Å². The van der Waals surface area contributed by atoms with Crippen LogP contribution in [0.25, 0.3) is 5.69 Å². The molecule has 2 aromatic heterocycles. The molecule has 26 heavy (non-hydrogen) atoms. The number of benzene rings is 1. The molecule has 1 saturated heterocycles. The molecule has 134 valence electrons. The van der Waals surface area contributed by atoms with Crippen molar-refractivity contribution in [2.24, 2.45) is 13.0 Å². The number of halogens is 1.